The molecule has 1 unspecified atom stereocenters. The molecule has 0 N–H and O–H groups in total. The second-order valence-electron chi connectivity index (χ2n) is 13.0. The van der Waals surface area contributed by atoms with Crippen LogP contribution in [-0.4, -0.2) is 35.5 Å². The van der Waals surface area contributed by atoms with Crippen molar-refractivity contribution in [1.82, 2.24) is 0 Å². The van der Waals surface area contributed by atoms with E-state index in [-0.39, 0.29) is 31.1 Å². The Morgan fingerprint density at radius 2 is 0.958 bits per heavy atom. The molecular formula is C33H53BF13P. The van der Waals surface area contributed by atoms with Crippen LogP contribution in [0.15, 0.2) is 18.2 Å². The minimum absolute atomic E-state index is 0.00722. The van der Waals surface area contributed by atoms with Crippen LogP contribution < -0.4 is 5.30 Å². The van der Waals surface area contributed by atoms with Gasteiger partial charge in [0.05, 0.1) is 0 Å². The Morgan fingerprint density at radius 1 is 0.542 bits per heavy atom. The summed E-state index contributed by atoms with van der Waals surface area (Å²) in [7, 11) is -6.59. The fourth-order valence-electron chi connectivity index (χ4n) is 6.10. The highest BCUT2D eigenvalue weighted by molar-refractivity contribution is 7.68. The van der Waals surface area contributed by atoms with E-state index in [1.165, 1.54) is 51.4 Å². The lowest BCUT2D eigenvalue weighted by Gasteiger charge is -2.40. The first-order chi connectivity index (χ1) is 22.1. The van der Waals surface area contributed by atoms with Gasteiger partial charge in [0, 0.05) is 18.6 Å². The van der Waals surface area contributed by atoms with Crippen LogP contribution in [0.5, 0.6) is 0 Å². The van der Waals surface area contributed by atoms with E-state index < -0.39 is 73.1 Å². The molecule has 15 heteroatoms. The molecule has 0 bridgehead atoms. The Hall–Kier alpha value is -1.20. The average Bonchev–Trinajstić information content (AvgIpc) is 2.99. The van der Waals surface area contributed by atoms with E-state index in [4.69, 9.17) is 0 Å². The number of rotatable bonds is 22. The van der Waals surface area contributed by atoms with Crippen molar-refractivity contribution in [2.45, 2.75) is 173 Å². The maximum Gasteiger partial charge on any atom is 0.494 e. The van der Waals surface area contributed by atoms with Crippen molar-refractivity contribution in [3.8, 4) is 0 Å². The van der Waals surface area contributed by atoms with Gasteiger partial charge in [-0.05, 0) is 18.6 Å². The Labute approximate surface area is 279 Å². The maximum atomic E-state index is 14.5. The van der Waals surface area contributed by atoms with Crippen LogP contribution in [0.3, 0.4) is 0 Å². The molecule has 1 aromatic rings. The highest BCUT2D eigenvalue weighted by atomic mass is 31.1. The summed E-state index contributed by atoms with van der Waals surface area (Å²) in [5, 5.41) is -2.42. The van der Waals surface area contributed by atoms with E-state index in [9.17, 15) is 57.1 Å². The van der Waals surface area contributed by atoms with Crippen molar-refractivity contribution in [2.24, 2.45) is 0 Å². The van der Waals surface area contributed by atoms with Crippen LogP contribution in [-0.2, 0) is 0 Å². The van der Waals surface area contributed by atoms with E-state index in [0.717, 1.165) is 0 Å². The zero-order chi connectivity index (χ0) is 37.5. The molecule has 0 amide bonds. The lowest BCUT2D eigenvalue weighted by atomic mass is 9.17. The van der Waals surface area contributed by atoms with E-state index >= 15 is 0 Å². The number of hydrogen-bond donors (Lipinski definition) is 0. The molecule has 0 saturated carbocycles. The molecule has 0 heterocycles. The van der Waals surface area contributed by atoms with Crippen LogP contribution >= 0.6 is 7.92 Å². The molecule has 0 spiro atoms. The first-order valence-electron chi connectivity index (χ1n) is 17.2. The Kier molecular flexibility index (Phi) is 20.1. The predicted molar refractivity (Wildman–Crippen MR) is 174 cm³/mol. The molecule has 1 atom stereocenters. The number of alkyl halides is 11. The van der Waals surface area contributed by atoms with Crippen molar-refractivity contribution in [2.75, 3.05) is 0 Å². The molecule has 1 aromatic carbocycles. The number of benzene rings is 1. The second-order valence-corrected chi connectivity index (χ2v) is 15.6. The normalized spacial score (nSPS) is 14.1. The third kappa shape index (κ3) is 12.8. The molecule has 0 fully saturated rings. The van der Waals surface area contributed by atoms with Gasteiger partial charge in [-0.1, -0.05) is 105 Å². The van der Waals surface area contributed by atoms with Crippen molar-refractivity contribution in [3.63, 3.8) is 0 Å². The average molecular weight is 739 g/mol. The summed E-state index contributed by atoms with van der Waals surface area (Å²) in [5.41, 5.74) is -13.5. The third-order valence-corrected chi connectivity index (χ3v) is 11.8. The van der Waals surface area contributed by atoms with Crippen LogP contribution in [0.25, 0.3) is 0 Å². The van der Waals surface area contributed by atoms with E-state index in [2.05, 4.69) is 27.7 Å². The van der Waals surface area contributed by atoms with Gasteiger partial charge in [-0.2, -0.15) is 73.6 Å². The minimum atomic E-state index is -6.93. The minimum Gasteiger partial charge on any atom is -0.207 e. The molecule has 0 saturated heterocycles. The lowest BCUT2D eigenvalue weighted by Crippen LogP contribution is -2.57. The van der Waals surface area contributed by atoms with E-state index in [1.54, 1.807) is 32.2 Å². The zero-order valence-corrected chi connectivity index (χ0v) is 29.7. The van der Waals surface area contributed by atoms with Gasteiger partial charge in [0.2, 0.25) is 7.92 Å². The standard InChI is InChI=1S/C17H16F13P.C16H36B/c1-2-3-4-5-8-13(20,21)14(22,23)16(27,28)31(17(29,30)15(24,25)26)12-9-10(18)6-7-11(12)19;1-5-9-13-17(14-10-6-2,15-11-7-3)16-12-8-4/h6-7,9H,2-5,8H2,1H3;5-16H2,1-4H3/q;-1/p+1. The first-order valence-corrected chi connectivity index (χ1v) is 18.7. The highest BCUT2D eigenvalue weighted by Gasteiger charge is 2.86. The zero-order valence-electron chi connectivity index (χ0n) is 28.7. The summed E-state index contributed by atoms with van der Waals surface area (Å²) in [4.78, 5) is 0. The van der Waals surface area contributed by atoms with Gasteiger partial charge < -0.3 is 0 Å². The second kappa shape index (κ2) is 20.6. The summed E-state index contributed by atoms with van der Waals surface area (Å²) in [6.07, 6.45) is 8.54. The highest BCUT2D eigenvalue weighted by Crippen LogP contribution is 2.72. The molecule has 0 aliphatic heterocycles. The van der Waals surface area contributed by atoms with Crippen LogP contribution in [0, 0.1) is 11.6 Å². The molecule has 284 valence electrons. The predicted octanol–water partition coefficient (Wildman–Crippen LogP) is 14.4. The van der Waals surface area contributed by atoms with Crippen molar-refractivity contribution in [3.05, 3.63) is 29.8 Å². The SMILES string of the molecule is CCCCCCC(F)(F)C(F)(F)C(F)(F)[PH+](c1cc(F)ccc1F)C(F)(F)C(F)(F)F.CCCC[B-](CCCC)(CCCC)CCCC. The van der Waals surface area contributed by atoms with E-state index in [0.29, 0.717) is 6.42 Å². The van der Waals surface area contributed by atoms with E-state index in [1.807, 2.05) is 0 Å². The number of halogens is 13. The molecular weight excluding hydrogens is 685 g/mol. The van der Waals surface area contributed by atoms with Crippen molar-refractivity contribution >= 4 is 19.4 Å². The molecule has 0 radical (unpaired) electrons. The summed E-state index contributed by atoms with van der Waals surface area (Å²) in [5.74, 6) is -16.5. The van der Waals surface area contributed by atoms with Gasteiger partial charge >= 0.3 is 29.3 Å². The summed E-state index contributed by atoms with van der Waals surface area (Å²) in [6, 6.07) is -0.547. The van der Waals surface area contributed by atoms with Gasteiger partial charge in [0.1, 0.15) is 11.1 Å². The fraction of sp³-hybridized carbons (Fsp3) is 0.818. The first kappa shape index (κ1) is 46.8. The third-order valence-electron chi connectivity index (χ3n) is 9.06. The lowest BCUT2D eigenvalue weighted by molar-refractivity contribution is -0.287. The van der Waals surface area contributed by atoms with Crippen molar-refractivity contribution in [1.29, 1.82) is 0 Å². The van der Waals surface area contributed by atoms with Crippen LogP contribution in [0.4, 0.5) is 57.1 Å². The molecule has 0 aliphatic rings. The maximum absolute atomic E-state index is 14.5. The largest absolute Gasteiger partial charge is 0.494 e. The molecule has 0 nitrogen and oxygen atoms in total. The monoisotopic (exact) mass is 738 g/mol. The number of hydrogen-bond acceptors (Lipinski definition) is 0. The summed E-state index contributed by atoms with van der Waals surface area (Å²) in [6.45, 7) is 11.0. The summed E-state index contributed by atoms with van der Waals surface area (Å²) >= 11 is 0. The smallest absolute Gasteiger partial charge is 0.207 e. The summed E-state index contributed by atoms with van der Waals surface area (Å²) < 4.78 is 179. The molecule has 1 rings (SSSR count). The Morgan fingerprint density at radius 3 is 1.33 bits per heavy atom. The van der Waals surface area contributed by atoms with Crippen LogP contribution in [0.2, 0.25) is 25.3 Å². The van der Waals surface area contributed by atoms with Gasteiger partial charge in [-0.15, -0.1) is 0 Å². The van der Waals surface area contributed by atoms with Crippen LogP contribution in [0.1, 0.15) is 118 Å². The topological polar surface area (TPSA) is 0 Å². The van der Waals surface area contributed by atoms with Crippen molar-refractivity contribution < 1.29 is 57.1 Å². The fourth-order valence-corrected chi connectivity index (χ4v) is 8.55. The Bertz CT molecular complexity index is 994. The molecule has 0 aliphatic carbocycles. The van der Waals surface area contributed by atoms with Gasteiger partial charge in [0.25, 0.3) is 0 Å². The van der Waals surface area contributed by atoms with Gasteiger partial charge in [-0.3, -0.25) is 0 Å². The molecule has 0 aromatic heterocycles. The molecule has 48 heavy (non-hydrogen) atoms. The van der Waals surface area contributed by atoms with Gasteiger partial charge in [-0.25, -0.2) is 8.78 Å². The van der Waals surface area contributed by atoms with Gasteiger partial charge in [0.15, 0.2) is 5.82 Å². The quantitative estimate of drug-likeness (QED) is 0.0481. The Balaban J connectivity index is 0.00000110. The number of unbranched alkanes of at least 4 members (excludes halogenated alkanes) is 7.